The minimum atomic E-state index is 0.150. The number of fused-ring (bicyclic) bond motifs is 1. The number of pyridine rings is 2. The number of rotatable bonds is 5. The van der Waals surface area contributed by atoms with Gasteiger partial charge in [0.25, 0.3) is 0 Å². The molecule has 1 saturated heterocycles. The van der Waals surface area contributed by atoms with E-state index in [1.54, 1.807) is 17.5 Å². The SMILES string of the molecule is Cc1cc(Nc2nccs2)cc(C2CCCN(C(=O)Cc3c(C)nc4ccccn34)C2)n1. The summed E-state index contributed by atoms with van der Waals surface area (Å²) in [5.41, 5.74) is 5.76. The molecule has 164 valence electrons. The summed E-state index contributed by atoms with van der Waals surface area (Å²) in [7, 11) is 0. The second-order valence-electron chi connectivity index (χ2n) is 8.31. The maximum atomic E-state index is 13.2. The molecule has 0 aromatic carbocycles. The van der Waals surface area contributed by atoms with Gasteiger partial charge in [0.15, 0.2) is 5.13 Å². The van der Waals surface area contributed by atoms with Gasteiger partial charge in [-0.3, -0.25) is 9.78 Å². The monoisotopic (exact) mass is 446 g/mol. The van der Waals surface area contributed by atoms with E-state index in [2.05, 4.69) is 21.4 Å². The zero-order valence-corrected chi connectivity index (χ0v) is 19.1. The van der Waals surface area contributed by atoms with E-state index in [0.717, 1.165) is 58.6 Å². The maximum Gasteiger partial charge on any atom is 0.228 e. The third-order valence-corrected chi connectivity index (χ3v) is 6.69. The number of aryl methyl sites for hydroxylation is 2. The molecule has 1 fully saturated rings. The van der Waals surface area contributed by atoms with E-state index in [0.29, 0.717) is 13.0 Å². The average Bonchev–Trinajstić information content (AvgIpc) is 3.41. The number of amides is 1. The second kappa shape index (κ2) is 8.70. The molecule has 5 heterocycles. The quantitative estimate of drug-likeness (QED) is 0.489. The first-order valence-electron chi connectivity index (χ1n) is 10.9. The van der Waals surface area contributed by atoms with Crippen LogP contribution < -0.4 is 5.32 Å². The largest absolute Gasteiger partial charge is 0.342 e. The Hall–Kier alpha value is -3.26. The van der Waals surface area contributed by atoms with Crippen LogP contribution in [0.3, 0.4) is 0 Å². The summed E-state index contributed by atoms with van der Waals surface area (Å²) < 4.78 is 2.02. The molecule has 0 spiro atoms. The van der Waals surface area contributed by atoms with Gasteiger partial charge >= 0.3 is 0 Å². The van der Waals surface area contributed by atoms with E-state index in [1.807, 2.05) is 59.0 Å². The lowest BCUT2D eigenvalue weighted by Crippen LogP contribution is -2.40. The molecular weight excluding hydrogens is 420 g/mol. The average molecular weight is 447 g/mol. The van der Waals surface area contributed by atoms with Crippen LogP contribution in [-0.4, -0.2) is 43.2 Å². The third-order valence-electron chi connectivity index (χ3n) is 6.00. The molecule has 1 aliphatic rings. The number of carbonyl (C=O) groups is 1. The predicted molar refractivity (Wildman–Crippen MR) is 127 cm³/mol. The van der Waals surface area contributed by atoms with Gasteiger partial charge in [-0.1, -0.05) is 6.07 Å². The fraction of sp³-hybridized carbons (Fsp3) is 0.333. The number of carbonyl (C=O) groups excluding carboxylic acids is 1. The van der Waals surface area contributed by atoms with Crippen molar-refractivity contribution in [2.75, 3.05) is 18.4 Å². The molecule has 0 radical (unpaired) electrons. The molecule has 0 saturated carbocycles. The predicted octanol–water partition coefficient (Wildman–Crippen LogP) is 4.49. The Bertz CT molecular complexity index is 1250. The van der Waals surface area contributed by atoms with Gasteiger partial charge in [0.05, 0.1) is 17.8 Å². The van der Waals surface area contributed by atoms with Gasteiger partial charge in [0.2, 0.25) is 5.91 Å². The van der Waals surface area contributed by atoms with Gasteiger partial charge in [0.1, 0.15) is 5.65 Å². The van der Waals surface area contributed by atoms with Crippen molar-refractivity contribution in [1.82, 2.24) is 24.3 Å². The second-order valence-corrected chi connectivity index (χ2v) is 9.21. The summed E-state index contributed by atoms with van der Waals surface area (Å²) in [6.07, 6.45) is 6.14. The fourth-order valence-electron chi connectivity index (χ4n) is 4.46. The van der Waals surface area contributed by atoms with Gasteiger partial charge in [0, 0.05) is 53.9 Å². The van der Waals surface area contributed by atoms with Gasteiger partial charge in [-0.25, -0.2) is 9.97 Å². The summed E-state index contributed by atoms with van der Waals surface area (Å²) in [5, 5.41) is 6.19. The number of thiazole rings is 1. The molecule has 8 heteroatoms. The third kappa shape index (κ3) is 4.23. The molecule has 1 aliphatic heterocycles. The Morgan fingerprint density at radius 3 is 3.00 bits per heavy atom. The van der Waals surface area contributed by atoms with E-state index in [1.165, 1.54) is 0 Å². The number of hydrogen-bond donors (Lipinski definition) is 1. The molecule has 7 nitrogen and oxygen atoms in total. The normalized spacial score (nSPS) is 16.4. The number of hydrogen-bond acceptors (Lipinski definition) is 6. The number of nitrogens with one attached hydrogen (secondary N) is 1. The standard InChI is InChI=1S/C24H26N6OS/c1-16-12-19(28-24-25-8-11-32-24)13-20(26-16)18-6-5-9-29(15-18)23(31)14-21-17(2)27-22-7-3-4-10-30(21)22/h3-4,7-8,10-13,18H,5-6,9,14-15H2,1-2H3,(H,25,26,28). The fourth-order valence-corrected chi connectivity index (χ4v) is 5.01. The molecule has 0 bridgehead atoms. The molecule has 4 aromatic heterocycles. The number of imidazole rings is 1. The maximum absolute atomic E-state index is 13.2. The van der Waals surface area contributed by atoms with Crippen molar-refractivity contribution in [3.05, 3.63) is 70.9 Å². The van der Waals surface area contributed by atoms with Crippen LogP contribution in [0.15, 0.2) is 48.1 Å². The van der Waals surface area contributed by atoms with Crippen LogP contribution in [0.2, 0.25) is 0 Å². The molecule has 1 amide bonds. The molecule has 5 rings (SSSR count). The van der Waals surface area contributed by atoms with Gasteiger partial charge in [-0.2, -0.15) is 0 Å². The minimum absolute atomic E-state index is 0.150. The molecule has 1 atom stereocenters. The Morgan fingerprint density at radius 1 is 1.25 bits per heavy atom. The minimum Gasteiger partial charge on any atom is -0.342 e. The number of anilines is 2. The lowest BCUT2D eigenvalue weighted by atomic mass is 9.93. The van der Waals surface area contributed by atoms with Crippen molar-refractivity contribution in [2.24, 2.45) is 0 Å². The molecule has 1 unspecified atom stereocenters. The highest BCUT2D eigenvalue weighted by molar-refractivity contribution is 7.13. The summed E-state index contributed by atoms with van der Waals surface area (Å²) in [6, 6.07) is 10.0. The van der Waals surface area contributed by atoms with E-state index in [4.69, 9.17) is 4.98 Å². The topological polar surface area (TPSA) is 75.4 Å². The molecule has 1 N–H and O–H groups in total. The van der Waals surface area contributed by atoms with Crippen molar-refractivity contribution >= 4 is 33.7 Å². The van der Waals surface area contributed by atoms with E-state index < -0.39 is 0 Å². The summed E-state index contributed by atoms with van der Waals surface area (Å²) in [4.78, 5) is 28.9. The lowest BCUT2D eigenvalue weighted by molar-refractivity contribution is -0.131. The molecule has 32 heavy (non-hydrogen) atoms. The van der Waals surface area contributed by atoms with Crippen molar-refractivity contribution in [3.8, 4) is 0 Å². The molecule has 0 aliphatic carbocycles. The van der Waals surface area contributed by atoms with Crippen molar-refractivity contribution in [2.45, 2.75) is 39.0 Å². The van der Waals surface area contributed by atoms with Crippen LogP contribution in [0.25, 0.3) is 5.65 Å². The van der Waals surface area contributed by atoms with Crippen LogP contribution in [0.5, 0.6) is 0 Å². The zero-order chi connectivity index (χ0) is 22.1. The molecular formula is C24H26N6OS. The Balaban J connectivity index is 1.32. The molecule has 4 aromatic rings. The Morgan fingerprint density at radius 2 is 2.16 bits per heavy atom. The summed E-state index contributed by atoms with van der Waals surface area (Å²) in [5.74, 6) is 0.380. The van der Waals surface area contributed by atoms with Crippen molar-refractivity contribution in [1.29, 1.82) is 0 Å². The first kappa shape index (κ1) is 20.6. The van der Waals surface area contributed by atoms with Crippen LogP contribution in [0.4, 0.5) is 10.8 Å². The number of nitrogens with zero attached hydrogens (tertiary/aromatic N) is 5. The zero-order valence-electron chi connectivity index (χ0n) is 18.3. The van der Waals surface area contributed by atoms with E-state index in [9.17, 15) is 4.79 Å². The lowest BCUT2D eigenvalue weighted by Gasteiger charge is -2.33. The Labute approximate surface area is 191 Å². The smallest absolute Gasteiger partial charge is 0.228 e. The van der Waals surface area contributed by atoms with Crippen LogP contribution >= 0.6 is 11.3 Å². The summed E-state index contributed by atoms with van der Waals surface area (Å²) in [6.45, 7) is 5.47. The number of piperidine rings is 1. The van der Waals surface area contributed by atoms with Crippen molar-refractivity contribution < 1.29 is 4.79 Å². The van der Waals surface area contributed by atoms with E-state index >= 15 is 0 Å². The highest BCUT2D eigenvalue weighted by atomic mass is 32.1. The van der Waals surface area contributed by atoms with Crippen LogP contribution in [0.1, 0.15) is 41.5 Å². The number of aromatic nitrogens is 4. The highest BCUT2D eigenvalue weighted by Crippen LogP contribution is 2.29. The van der Waals surface area contributed by atoms with Gasteiger partial charge in [-0.05, 0) is 51.0 Å². The first-order valence-corrected chi connectivity index (χ1v) is 11.8. The summed E-state index contributed by atoms with van der Waals surface area (Å²) >= 11 is 1.57. The van der Waals surface area contributed by atoms with Gasteiger partial charge in [-0.15, -0.1) is 11.3 Å². The van der Waals surface area contributed by atoms with Crippen molar-refractivity contribution in [3.63, 3.8) is 0 Å². The van der Waals surface area contributed by atoms with Crippen LogP contribution in [-0.2, 0) is 11.2 Å². The Kier molecular flexibility index (Phi) is 5.61. The van der Waals surface area contributed by atoms with Crippen LogP contribution in [0, 0.1) is 13.8 Å². The highest BCUT2D eigenvalue weighted by Gasteiger charge is 2.27. The first-order chi connectivity index (χ1) is 15.6. The van der Waals surface area contributed by atoms with E-state index in [-0.39, 0.29) is 11.8 Å². The van der Waals surface area contributed by atoms with Gasteiger partial charge < -0.3 is 14.6 Å². The number of likely N-dealkylation sites (tertiary alicyclic amines) is 1.